The van der Waals surface area contributed by atoms with Crippen molar-refractivity contribution < 1.29 is 14.3 Å². The highest BCUT2D eigenvalue weighted by atomic mass is 79.9. The van der Waals surface area contributed by atoms with E-state index in [0.717, 1.165) is 17.2 Å². The van der Waals surface area contributed by atoms with E-state index in [4.69, 9.17) is 9.47 Å². The van der Waals surface area contributed by atoms with E-state index >= 15 is 0 Å². The Kier molecular flexibility index (Phi) is 5.32. The summed E-state index contributed by atoms with van der Waals surface area (Å²) in [7, 11) is 0. The molecule has 0 aromatic heterocycles. The first-order chi connectivity index (χ1) is 7.72. The minimum atomic E-state index is 0.544. The van der Waals surface area contributed by atoms with Crippen LogP contribution in [0.25, 0.3) is 0 Å². The highest BCUT2D eigenvalue weighted by Gasteiger charge is 2.10. The van der Waals surface area contributed by atoms with Gasteiger partial charge in [0.15, 0.2) is 17.8 Å². The van der Waals surface area contributed by atoms with Crippen LogP contribution in [0.4, 0.5) is 0 Å². The molecule has 0 aliphatic carbocycles. The van der Waals surface area contributed by atoms with Gasteiger partial charge in [0.1, 0.15) is 0 Å². The minimum absolute atomic E-state index is 0.544. The van der Waals surface area contributed by atoms with Crippen LogP contribution in [0.5, 0.6) is 11.5 Å². The molecule has 1 aromatic rings. The predicted octanol–water partition coefficient (Wildman–Crippen LogP) is 3.45. The molecule has 0 saturated carbocycles. The van der Waals surface area contributed by atoms with Gasteiger partial charge in [0.2, 0.25) is 0 Å². The fourth-order valence-corrected chi connectivity index (χ4v) is 1.65. The standard InChI is InChI=1S/C12H15BrO3/c1-3-5-16-12-7-10(13)9(8-14)6-11(12)15-4-2/h6-8H,3-5H2,1-2H3. The van der Waals surface area contributed by atoms with Crippen molar-refractivity contribution in [3.05, 3.63) is 22.2 Å². The van der Waals surface area contributed by atoms with Crippen LogP contribution in [0, 0.1) is 0 Å². The Hall–Kier alpha value is -1.03. The highest BCUT2D eigenvalue weighted by molar-refractivity contribution is 9.10. The molecule has 88 valence electrons. The lowest BCUT2D eigenvalue weighted by molar-refractivity contribution is 0.112. The Morgan fingerprint density at radius 3 is 2.50 bits per heavy atom. The summed E-state index contributed by atoms with van der Waals surface area (Å²) in [5.41, 5.74) is 0.562. The van der Waals surface area contributed by atoms with Gasteiger partial charge < -0.3 is 9.47 Å². The summed E-state index contributed by atoms with van der Waals surface area (Å²) < 4.78 is 11.7. The molecule has 0 N–H and O–H groups in total. The van der Waals surface area contributed by atoms with Gasteiger partial charge in [0.25, 0.3) is 0 Å². The molecule has 1 rings (SSSR count). The van der Waals surface area contributed by atoms with Crippen molar-refractivity contribution in [3.63, 3.8) is 0 Å². The van der Waals surface area contributed by atoms with Crippen molar-refractivity contribution in [2.45, 2.75) is 20.3 Å². The van der Waals surface area contributed by atoms with E-state index in [0.29, 0.717) is 30.3 Å². The summed E-state index contributed by atoms with van der Waals surface area (Å²) in [6.07, 6.45) is 1.72. The van der Waals surface area contributed by atoms with E-state index in [-0.39, 0.29) is 0 Å². The molecule has 3 nitrogen and oxygen atoms in total. The van der Waals surface area contributed by atoms with E-state index in [1.54, 1.807) is 12.1 Å². The fraction of sp³-hybridized carbons (Fsp3) is 0.417. The van der Waals surface area contributed by atoms with Crippen LogP contribution in [0.15, 0.2) is 16.6 Å². The van der Waals surface area contributed by atoms with Crippen LogP contribution in [0.2, 0.25) is 0 Å². The average molecular weight is 287 g/mol. The van der Waals surface area contributed by atoms with E-state index in [1.807, 2.05) is 13.8 Å². The molecule has 0 aliphatic rings. The number of hydrogen-bond donors (Lipinski definition) is 0. The zero-order chi connectivity index (χ0) is 12.0. The number of rotatable bonds is 6. The third-order valence-corrected chi connectivity index (χ3v) is 2.64. The molecular formula is C12H15BrO3. The number of ether oxygens (including phenoxy) is 2. The van der Waals surface area contributed by atoms with Gasteiger partial charge in [-0.2, -0.15) is 0 Å². The Labute approximate surface area is 104 Å². The van der Waals surface area contributed by atoms with Crippen molar-refractivity contribution in [1.82, 2.24) is 0 Å². The first-order valence-electron chi connectivity index (χ1n) is 5.27. The van der Waals surface area contributed by atoms with Crippen molar-refractivity contribution in [1.29, 1.82) is 0 Å². The smallest absolute Gasteiger partial charge is 0.162 e. The quantitative estimate of drug-likeness (QED) is 0.752. The van der Waals surface area contributed by atoms with Crippen LogP contribution < -0.4 is 9.47 Å². The Morgan fingerprint density at radius 1 is 1.25 bits per heavy atom. The lowest BCUT2D eigenvalue weighted by atomic mass is 10.2. The second-order valence-electron chi connectivity index (χ2n) is 3.22. The van der Waals surface area contributed by atoms with Gasteiger partial charge in [-0.15, -0.1) is 0 Å². The van der Waals surface area contributed by atoms with Gasteiger partial charge in [-0.1, -0.05) is 6.92 Å². The number of hydrogen-bond acceptors (Lipinski definition) is 3. The molecule has 0 amide bonds. The minimum Gasteiger partial charge on any atom is -0.490 e. The number of aldehydes is 1. The van der Waals surface area contributed by atoms with Crippen molar-refractivity contribution in [2.75, 3.05) is 13.2 Å². The van der Waals surface area contributed by atoms with Crippen LogP contribution in [-0.4, -0.2) is 19.5 Å². The monoisotopic (exact) mass is 286 g/mol. The predicted molar refractivity (Wildman–Crippen MR) is 66.5 cm³/mol. The van der Waals surface area contributed by atoms with E-state index in [1.165, 1.54) is 0 Å². The van der Waals surface area contributed by atoms with Gasteiger partial charge in [0, 0.05) is 10.0 Å². The van der Waals surface area contributed by atoms with E-state index in [9.17, 15) is 4.79 Å². The molecule has 1 aromatic carbocycles. The molecule has 0 saturated heterocycles. The van der Waals surface area contributed by atoms with Crippen LogP contribution in [-0.2, 0) is 0 Å². The van der Waals surface area contributed by atoms with Gasteiger partial charge in [-0.25, -0.2) is 0 Å². The third kappa shape index (κ3) is 3.23. The van der Waals surface area contributed by atoms with E-state index in [2.05, 4.69) is 15.9 Å². The summed E-state index contributed by atoms with van der Waals surface area (Å²) >= 11 is 3.32. The molecule has 4 heteroatoms. The van der Waals surface area contributed by atoms with Crippen molar-refractivity contribution in [2.24, 2.45) is 0 Å². The highest BCUT2D eigenvalue weighted by Crippen LogP contribution is 2.33. The van der Waals surface area contributed by atoms with Crippen molar-refractivity contribution in [3.8, 4) is 11.5 Å². The summed E-state index contributed by atoms with van der Waals surface area (Å²) in [5, 5.41) is 0. The van der Waals surface area contributed by atoms with Gasteiger partial charge >= 0.3 is 0 Å². The maximum Gasteiger partial charge on any atom is 0.162 e. The summed E-state index contributed by atoms with van der Waals surface area (Å²) in [6, 6.07) is 3.45. The van der Waals surface area contributed by atoms with E-state index < -0.39 is 0 Å². The van der Waals surface area contributed by atoms with Crippen LogP contribution in [0.1, 0.15) is 30.6 Å². The van der Waals surface area contributed by atoms with Crippen LogP contribution in [0.3, 0.4) is 0 Å². The third-order valence-electron chi connectivity index (χ3n) is 1.95. The van der Waals surface area contributed by atoms with Crippen molar-refractivity contribution >= 4 is 22.2 Å². The first-order valence-corrected chi connectivity index (χ1v) is 6.06. The Balaban J connectivity index is 3.03. The molecule has 0 unspecified atom stereocenters. The zero-order valence-electron chi connectivity index (χ0n) is 9.46. The van der Waals surface area contributed by atoms with Gasteiger partial charge in [-0.3, -0.25) is 4.79 Å². The lowest BCUT2D eigenvalue weighted by Crippen LogP contribution is -2.01. The van der Waals surface area contributed by atoms with Gasteiger partial charge in [0.05, 0.1) is 13.2 Å². The second-order valence-corrected chi connectivity index (χ2v) is 4.07. The summed E-state index contributed by atoms with van der Waals surface area (Å²) in [4.78, 5) is 10.8. The SMILES string of the molecule is CCCOc1cc(Br)c(C=O)cc1OCC. The molecule has 0 fully saturated rings. The molecular weight excluding hydrogens is 272 g/mol. The molecule has 0 bridgehead atoms. The Bertz CT molecular complexity index is 364. The molecule has 0 heterocycles. The second kappa shape index (κ2) is 6.53. The lowest BCUT2D eigenvalue weighted by Gasteiger charge is -2.12. The molecule has 0 spiro atoms. The van der Waals surface area contributed by atoms with Gasteiger partial charge in [-0.05, 0) is 41.4 Å². The fourth-order valence-electron chi connectivity index (χ4n) is 1.23. The first kappa shape index (κ1) is 13.0. The Morgan fingerprint density at radius 2 is 1.94 bits per heavy atom. The van der Waals surface area contributed by atoms with Crippen LogP contribution >= 0.6 is 15.9 Å². The summed E-state index contributed by atoms with van der Waals surface area (Å²) in [6.45, 7) is 5.11. The number of carbonyl (C=O) groups excluding carboxylic acids is 1. The number of carbonyl (C=O) groups is 1. The zero-order valence-corrected chi connectivity index (χ0v) is 11.0. The maximum absolute atomic E-state index is 10.8. The number of halogens is 1. The molecule has 0 radical (unpaired) electrons. The molecule has 16 heavy (non-hydrogen) atoms. The largest absolute Gasteiger partial charge is 0.490 e. The number of benzene rings is 1. The normalized spacial score (nSPS) is 9.94. The molecule has 0 aliphatic heterocycles. The summed E-state index contributed by atoms with van der Waals surface area (Å²) in [5.74, 6) is 1.28. The maximum atomic E-state index is 10.8. The topological polar surface area (TPSA) is 35.5 Å². The molecule has 0 atom stereocenters. The average Bonchev–Trinajstić information content (AvgIpc) is 2.29.